The first kappa shape index (κ1) is 44.8. The smallest absolute Gasteiger partial charge is 0.305 e. The fraction of sp³-hybridized carbons (Fsp3) is 0.667. The van der Waals surface area contributed by atoms with Crippen molar-refractivity contribution < 1.29 is 58.5 Å². The Morgan fingerprint density at radius 2 is 0.889 bits per heavy atom. The maximum Gasteiger partial charge on any atom is 0.305 e. The number of aliphatic carboxylic acids is 3. The van der Waals surface area contributed by atoms with Gasteiger partial charge < -0.3 is 47.2 Å². The molecule has 0 aliphatic rings. The van der Waals surface area contributed by atoms with Gasteiger partial charge in [-0.1, -0.05) is 48.5 Å². The van der Waals surface area contributed by atoms with Crippen molar-refractivity contribution in [1.29, 1.82) is 0 Å². The fourth-order valence-electron chi connectivity index (χ4n) is 3.00. The van der Waals surface area contributed by atoms with Crippen molar-refractivity contribution >= 4 is 53.2 Å². The van der Waals surface area contributed by atoms with E-state index in [1.807, 2.05) is 52.2 Å². The molecule has 0 aliphatic heterocycles. The van der Waals surface area contributed by atoms with Gasteiger partial charge >= 0.3 is 17.9 Å². The SMILES string of the molecule is CC.CC.CCC(=O)C(CC(=O)O)NC(=O)C(CC(=O)O)NC(=O)C(CC(=O)O)NC(=O)CNC(=O)CNC(=O)CNC(C)C. The summed E-state index contributed by atoms with van der Waals surface area (Å²) in [7, 11) is 0. The molecule has 5 amide bonds. The molecule has 0 bridgehead atoms. The molecule has 0 saturated heterocycles. The molecule has 0 aromatic heterocycles. The van der Waals surface area contributed by atoms with E-state index in [0.717, 1.165) is 0 Å². The summed E-state index contributed by atoms with van der Waals surface area (Å²) in [5, 5.41) is 40.6. The number of ketones is 1. The summed E-state index contributed by atoms with van der Waals surface area (Å²) in [6, 6.07) is -5.19. The highest BCUT2D eigenvalue weighted by atomic mass is 16.4. The second kappa shape index (κ2) is 25.8. The maximum atomic E-state index is 12.7. The van der Waals surface area contributed by atoms with Gasteiger partial charge in [-0.3, -0.25) is 43.2 Å². The summed E-state index contributed by atoms with van der Waals surface area (Å²) < 4.78 is 0. The number of carboxylic acids is 3. The molecule has 0 aliphatic carbocycles. The number of amides is 5. The third-order valence-electron chi connectivity index (χ3n) is 5.04. The van der Waals surface area contributed by atoms with Crippen LogP contribution in [-0.2, 0) is 43.2 Å². The Morgan fingerprint density at radius 1 is 0.533 bits per heavy atom. The number of Topliss-reactive ketones (excluding diaryl/α,β-unsaturated/α-hetero) is 1. The van der Waals surface area contributed by atoms with Crippen LogP contribution in [-0.4, -0.2) is 112 Å². The van der Waals surface area contributed by atoms with E-state index < -0.39 is 104 Å². The van der Waals surface area contributed by atoms with Crippen molar-refractivity contribution in [3.8, 4) is 0 Å². The minimum atomic E-state index is -1.87. The number of hydrogen-bond donors (Lipinski definition) is 9. The average molecular weight is 649 g/mol. The largest absolute Gasteiger partial charge is 0.481 e. The van der Waals surface area contributed by atoms with Crippen LogP contribution in [0.5, 0.6) is 0 Å². The van der Waals surface area contributed by atoms with E-state index >= 15 is 0 Å². The van der Waals surface area contributed by atoms with E-state index in [2.05, 4.69) is 21.3 Å². The van der Waals surface area contributed by atoms with E-state index in [1.165, 1.54) is 6.92 Å². The van der Waals surface area contributed by atoms with Gasteiger partial charge in [0.2, 0.25) is 29.5 Å². The van der Waals surface area contributed by atoms with E-state index in [-0.39, 0.29) is 19.0 Å². The van der Waals surface area contributed by atoms with Crippen molar-refractivity contribution in [3.63, 3.8) is 0 Å². The van der Waals surface area contributed by atoms with Gasteiger partial charge in [-0.05, 0) is 0 Å². The van der Waals surface area contributed by atoms with Crippen LogP contribution in [0, 0.1) is 0 Å². The van der Waals surface area contributed by atoms with E-state index in [0.29, 0.717) is 0 Å². The summed E-state index contributed by atoms with van der Waals surface area (Å²) in [5.41, 5.74) is 0. The van der Waals surface area contributed by atoms with Gasteiger partial charge in [0.1, 0.15) is 12.1 Å². The molecule has 0 aromatic carbocycles. The zero-order chi connectivity index (χ0) is 35.7. The monoisotopic (exact) mass is 648 g/mol. The van der Waals surface area contributed by atoms with Crippen LogP contribution in [0.2, 0.25) is 0 Å². The van der Waals surface area contributed by atoms with Crippen molar-refractivity contribution in [3.05, 3.63) is 0 Å². The Morgan fingerprint density at radius 3 is 1.29 bits per heavy atom. The predicted octanol–water partition coefficient (Wildman–Crippen LogP) is -1.87. The molecule has 0 heterocycles. The van der Waals surface area contributed by atoms with Crippen molar-refractivity contribution in [2.24, 2.45) is 0 Å². The minimum absolute atomic E-state index is 0.0297. The molecular formula is C27H48N6O12. The quantitative estimate of drug-likeness (QED) is 0.0700. The van der Waals surface area contributed by atoms with Crippen molar-refractivity contribution in [2.75, 3.05) is 19.6 Å². The summed E-state index contributed by atoms with van der Waals surface area (Å²) in [4.78, 5) is 107. The van der Waals surface area contributed by atoms with Crippen molar-refractivity contribution in [2.45, 2.75) is 98.3 Å². The second-order valence-corrected chi connectivity index (χ2v) is 8.94. The van der Waals surface area contributed by atoms with Crippen LogP contribution in [0.3, 0.4) is 0 Å². The molecular weight excluding hydrogens is 600 g/mol. The molecule has 3 atom stereocenters. The third kappa shape index (κ3) is 23.5. The summed E-state index contributed by atoms with van der Waals surface area (Å²) >= 11 is 0. The number of hydrogen-bond acceptors (Lipinski definition) is 10. The fourth-order valence-corrected chi connectivity index (χ4v) is 3.00. The molecule has 0 radical (unpaired) electrons. The summed E-state index contributed by atoms with van der Waals surface area (Å²) in [5.74, 6) is -10.0. The highest BCUT2D eigenvalue weighted by molar-refractivity contribution is 5.98. The normalized spacial score (nSPS) is 11.8. The lowest BCUT2D eigenvalue weighted by molar-refractivity contribution is -0.144. The molecule has 3 unspecified atom stereocenters. The summed E-state index contributed by atoms with van der Waals surface area (Å²) in [6.07, 6.45) is -2.99. The number of rotatable bonds is 20. The first-order valence-corrected chi connectivity index (χ1v) is 14.4. The molecule has 18 nitrogen and oxygen atoms in total. The van der Waals surface area contributed by atoms with Gasteiger partial charge in [0.05, 0.1) is 44.9 Å². The number of carboxylic acid groups (broad SMARTS) is 3. The van der Waals surface area contributed by atoms with Crippen LogP contribution in [0.25, 0.3) is 0 Å². The van der Waals surface area contributed by atoms with Gasteiger partial charge in [-0.2, -0.15) is 0 Å². The molecule has 258 valence electrons. The van der Waals surface area contributed by atoms with Gasteiger partial charge in [0.25, 0.3) is 0 Å². The first-order chi connectivity index (χ1) is 21.0. The number of carbonyl (C=O) groups excluding carboxylic acids is 6. The summed E-state index contributed by atoms with van der Waals surface area (Å²) in [6.45, 7) is 11.8. The van der Waals surface area contributed by atoms with Crippen molar-refractivity contribution in [1.82, 2.24) is 31.9 Å². The second-order valence-electron chi connectivity index (χ2n) is 8.94. The van der Waals surface area contributed by atoms with Crippen LogP contribution in [0.1, 0.15) is 74.1 Å². The number of nitrogens with one attached hydrogen (secondary N) is 6. The van der Waals surface area contributed by atoms with E-state index in [4.69, 9.17) is 15.3 Å². The predicted molar refractivity (Wildman–Crippen MR) is 160 cm³/mol. The molecule has 45 heavy (non-hydrogen) atoms. The van der Waals surface area contributed by atoms with Gasteiger partial charge in [0.15, 0.2) is 5.78 Å². The van der Waals surface area contributed by atoms with Crippen LogP contribution >= 0.6 is 0 Å². The lowest BCUT2D eigenvalue weighted by Crippen LogP contribution is -2.57. The van der Waals surface area contributed by atoms with Gasteiger partial charge in [-0.25, -0.2) is 0 Å². The Kier molecular flexibility index (Phi) is 25.7. The van der Waals surface area contributed by atoms with Gasteiger partial charge in [0, 0.05) is 12.5 Å². The Balaban J connectivity index is -0.00000422. The van der Waals surface area contributed by atoms with Crippen LogP contribution in [0.15, 0.2) is 0 Å². The van der Waals surface area contributed by atoms with E-state index in [9.17, 15) is 43.2 Å². The van der Waals surface area contributed by atoms with Crippen LogP contribution in [0.4, 0.5) is 0 Å². The topological polar surface area (TPSA) is 286 Å². The molecule has 0 rings (SSSR count). The molecule has 0 aromatic rings. The highest BCUT2D eigenvalue weighted by Gasteiger charge is 2.32. The molecule has 0 fully saturated rings. The lowest BCUT2D eigenvalue weighted by atomic mass is 10.1. The third-order valence-corrected chi connectivity index (χ3v) is 5.04. The van der Waals surface area contributed by atoms with E-state index in [1.54, 1.807) is 0 Å². The van der Waals surface area contributed by atoms with Crippen LogP contribution < -0.4 is 31.9 Å². The Labute approximate surface area is 261 Å². The zero-order valence-corrected chi connectivity index (χ0v) is 26.8. The average Bonchev–Trinajstić information content (AvgIpc) is 2.97. The highest BCUT2D eigenvalue weighted by Crippen LogP contribution is 2.03. The minimum Gasteiger partial charge on any atom is -0.481 e. The zero-order valence-electron chi connectivity index (χ0n) is 26.8. The Hall–Kier alpha value is -4.61. The lowest BCUT2D eigenvalue weighted by Gasteiger charge is -2.23. The van der Waals surface area contributed by atoms with Gasteiger partial charge in [-0.15, -0.1) is 0 Å². The molecule has 0 spiro atoms. The number of carbonyl (C=O) groups is 9. The molecule has 0 saturated carbocycles. The molecule has 18 heteroatoms. The standard InChI is InChI=1S/C23H36N6O12.2C2H6/c1-4-15(30)12(5-19(34)35)28-23(41)14(7-21(38)39)29-22(40)13(6-20(36)37)27-18(33)10-26-17(32)9-25-16(31)8-24-11(2)3;2*1-2/h11-14,24H,4-10H2,1-3H3,(H,25,31)(H,26,32)(H,27,33)(H,28,41)(H,29,40)(H,34,35)(H,36,37)(H,38,39);2*1-2H3. The first-order valence-electron chi connectivity index (χ1n) is 14.4. The maximum absolute atomic E-state index is 12.7. The Bertz CT molecular complexity index is 1020. The molecule has 9 N–H and O–H groups in total.